The van der Waals surface area contributed by atoms with E-state index < -0.39 is 0 Å². The van der Waals surface area contributed by atoms with Crippen LogP contribution in [0.25, 0.3) is 0 Å². The minimum atomic E-state index is 0.165. The largest absolute Gasteiger partial charge is 0.323 e. The van der Waals surface area contributed by atoms with E-state index in [1.54, 1.807) is 0 Å². The van der Waals surface area contributed by atoms with Crippen LogP contribution in [0.4, 0.5) is 0 Å². The standard InChI is InChI=1S/C13H20BrNS/c1-7-6-8(14)10(16-7)9(15)11-12(2,3)13(11,4)5/h6,9,11H,15H2,1-5H3. The highest BCUT2D eigenvalue weighted by atomic mass is 79.9. The predicted octanol–water partition coefficient (Wildman–Crippen LogP) is 4.50. The normalized spacial score (nSPS) is 24.4. The molecule has 1 aliphatic carbocycles. The first-order chi connectivity index (χ1) is 7.19. The van der Waals surface area contributed by atoms with Crippen LogP contribution in [0.3, 0.4) is 0 Å². The summed E-state index contributed by atoms with van der Waals surface area (Å²) >= 11 is 5.44. The molecule has 0 bridgehead atoms. The van der Waals surface area contributed by atoms with Crippen molar-refractivity contribution in [1.29, 1.82) is 0 Å². The van der Waals surface area contributed by atoms with Gasteiger partial charge in [0.05, 0.1) is 0 Å². The number of hydrogen-bond acceptors (Lipinski definition) is 2. The first-order valence-corrected chi connectivity index (χ1v) is 7.32. The Morgan fingerprint density at radius 3 is 2.12 bits per heavy atom. The Morgan fingerprint density at radius 2 is 1.81 bits per heavy atom. The Morgan fingerprint density at radius 1 is 1.31 bits per heavy atom. The molecular weight excluding hydrogens is 282 g/mol. The minimum Gasteiger partial charge on any atom is -0.323 e. The van der Waals surface area contributed by atoms with Crippen molar-refractivity contribution in [2.75, 3.05) is 0 Å². The summed E-state index contributed by atoms with van der Waals surface area (Å²) in [5, 5.41) is 0. The third-order valence-corrected chi connectivity index (χ3v) is 6.70. The van der Waals surface area contributed by atoms with Crippen LogP contribution in [0.2, 0.25) is 0 Å². The summed E-state index contributed by atoms with van der Waals surface area (Å²) in [5.74, 6) is 0.578. The van der Waals surface area contributed by atoms with E-state index in [2.05, 4.69) is 56.6 Å². The van der Waals surface area contributed by atoms with Gasteiger partial charge in [-0.1, -0.05) is 27.7 Å². The zero-order valence-electron chi connectivity index (χ0n) is 10.6. The topological polar surface area (TPSA) is 26.0 Å². The Kier molecular flexibility index (Phi) is 2.81. The van der Waals surface area contributed by atoms with E-state index in [1.807, 2.05) is 11.3 Å². The van der Waals surface area contributed by atoms with Crippen molar-refractivity contribution < 1.29 is 0 Å². The van der Waals surface area contributed by atoms with Crippen LogP contribution < -0.4 is 5.73 Å². The van der Waals surface area contributed by atoms with Gasteiger partial charge >= 0.3 is 0 Å². The van der Waals surface area contributed by atoms with Gasteiger partial charge in [-0.2, -0.15) is 0 Å². The van der Waals surface area contributed by atoms with Crippen LogP contribution in [-0.4, -0.2) is 0 Å². The molecule has 0 saturated heterocycles. The lowest BCUT2D eigenvalue weighted by Gasteiger charge is -2.12. The molecule has 0 amide bonds. The average molecular weight is 302 g/mol. The van der Waals surface area contributed by atoms with Gasteiger partial charge in [-0.15, -0.1) is 11.3 Å². The molecule has 1 nitrogen and oxygen atoms in total. The average Bonchev–Trinajstić information content (AvgIpc) is 2.37. The van der Waals surface area contributed by atoms with Gasteiger partial charge < -0.3 is 5.73 Å². The van der Waals surface area contributed by atoms with E-state index in [9.17, 15) is 0 Å². The molecule has 2 N–H and O–H groups in total. The van der Waals surface area contributed by atoms with Crippen molar-refractivity contribution in [2.45, 2.75) is 40.7 Å². The first kappa shape index (κ1) is 12.6. The van der Waals surface area contributed by atoms with E-state index in [4.69, 9.17) is 5.73 Å². The molecule has 1 saturated carbocycles. The molecule has 0 aromatic carbocycles. The monoisotopic (exact) mass is 301 g/mol. The van der Waals surface area contributed by atoms with E-state index in [-0.39, 0.29) is 6.04 Å². The molecule has 1 heterocycles. The number of hydrogen-bond donors (Lipinski definition) is 1. The summed E-state index contributed by atoms with van der Waals surface area (Å²) < 4.78 is 1.18. The summed E-state index contributed by atoms with van der Waals surface area (Å²) in [6.07, 6.45) is 0. The summed E-state index contributed by atoms with van der Waals surface area (Å²) in [5.41, 5.74) is 7.15. The van der Waals surface area contributed by atoms with Crippen LogP contribution in [0.15, 0.2) is 10.5 Å². The Hall–Kier alpha value is 0.140. The number of nitrogens with two attached hydrogens (primary N) is 1. The van der Waals surface area contributed by atoms with Gasteiger partial charge in [-0.25, -0.2) is 0 Å². The van der Waals surface area contributed by atoms with Gasteiger partial charge in [0.2, 0.25) is 0 Å². The van der Waals surface area contributed by atoms with Gasteiger partial charge in [-0.05, 0) is 45.7 Å². The van der Waals surface area contributed by atoms with E-state index in [0.29, 0.717) is 16.7 Å². The van der Waals surface area contributed by atoms with Crippen molar-refractivity contribution >= 4 is 27.3 Å². The van der Waals surface area contributed by atoms with Crippen LogP contribution in [0, 0.1) is 23.7 Å². The Labute approximate surface area is 111 Å². The van der Waals surface area contributed by atoms with Crippen molar-refractivity contribution in [1.82, 2.24) is 0 Å². The molecule has 1 aromatic rings. The van der Waals surface area contributed by atoms with Crippen LogP contribution >= 0.6 is 27.3 Å². The zero-order valence-corrected chi connectivity index (χ0v) is 13.0. The maximum absolute atomic E-state index is 6.45. The highest BCUT2D eigenvalue weighted by molar-refractivity contribution is 9.10. The lowest BCUT2D eigenvalue weighted by molar-refractivity contribution is 0.457. The molecule has 0 spiro atoms. The van der Waals surface area contributed by atoms with Gasteiger partial charge in [0.1, 0.15) is 0 Å². The molecule has 1 aromatic heterocycles. The third-order valence-electron chi connectivity index (χ3n) is 4.63. The summed E-state index contributed by atoms with van der Waals surface area (Å²) in [7, 11) is 0. The second-order valence-corrected chi connectivity index (χ2v) is 8.16. The SMILES string of the molecule is Cc1cc(Br)c(C(N)C2C(C)(C)C2(C)C)s1. The lowest BCUT2D eigenvalue weighted by Crippen LogP contribution is -2.15. The van der Waals surface area contributed by atoms with Crippen LogP contribution in [0.5, 0.6) is 0 Å². The van der Waals surface area contributed by atoms with Gasteiger partial charge in [0, 0.05) is 20.3 Å². The van der Waals surface area contributed by atoms with Gasteiger partial charge in [-0.3, -0.25) is 0 Å². The number of aryl methyl sites for hydroxylation is 1. The van der Waals surface area contributed by atoms with Crippen molar-refractivity contribution in [2.24, 2.45) is 22.5 Å². The summed E-state index contributed by atoms with van der Waals surface area (Å²) in [6.45, 7) is 11.4. The highest BCUT2D eigenvalue weighted by Gasteiger charge is 2.66. The molecule has 1 aliphatic rings. The minimum absolute atomic E-state index is 0.165. The van der Waals surface area contributed by atoms with Crippen molar-refractivity contribution in [3.05, 3.63) is 20.3 Å². The summed E-state index contributed by atoms with van der Waals surface area (Å²) in [4.78, 5) is 2.63. The molecule has 90 valence electrons. The number of halogens is 1. The smallest absolute Gasteiger partial charge is 0.0440 e. The number of rotatable bonds is 2. The third kappa shape index (κ3) is 1.59. The fourth-order valence-electron chi connectivity index (χ4n) is 3.03. The maximum atomic E-state index is 6.45. The second kappa shape index (κ2) is 3.56. The molecule has 16 heavy (non-hydrogen) atoms. The van der Waals surface area contributed by atoms with Crippen molar-refractivity contribution in [3.63, 3.8) is 0 Å². The van der Waals surface area contributed by atoms with Crippen molar-refractivity contribution in [3.8, 4) is 0 Å². The molecular formula is C13H20BrNS. The maximum Gasteiger partial charge on any atom is 0.0440 e. The predicted molar refractivity (Wildman–Crippen MR) is 74.7 cm³/mol. The highest BCUT2D eigenvalue weighted by Crippen LogP contribution is 2.72. The van der Waals surface area contributed by atoms with Gasteiger partial charge in [0.25, 0.3) is 0 Å². The quantitative estimate of drug-likeness (QED) is 0.855. The molecule has 1 atom stereocenters. The Balaban J connectivity index is 2.29. The molecule has 2 rings (SSSR count). The zero-order chi connectivity index (χ0) is 12.3. The number of thiophene rings is 1. The lowest BCUT2D eigenvalue weighted by atomic mass is 10.0. The van der Waals surface area contributed by atoms with E-state index in [1.165, 1.54) is 14.2 Å². The van der Waals surface area contributed by atoms with Crippen LogP contribution in [-0.2, 0) is 0 Å². The van der Waals surface area contributed by atoms with Crippen LogP contribution in [0.1, 0.15) is 43.5 Å². The molecule has 0 radical (unpaired) electrons. The Bertz CT molecular complexity index is 406. The second-order valence-electron chi connectivity index (χ2n) is 6.02. The molecule has 0 aliphatic heterocycles. The van der Waals surface area contributed by atoms with Gasteiger partial charge in [0.15, 0.2) is 0 Å². The molecule has 3 heteroatoms. The van der Waals surface area contributed by atoms with E-state index in [0.717, 1.165) is 0 Å². The molecule has 1 unspecified atom stereocenters. The fraction of sp³-hybridized carbons (Fsp3) is 0.692. The van der Waals surface area contributed by atoms with E-state index >= 15 is 0 Å². The first-order valence-electron chi connectivity index (χ1n) is 5.71. The summed E-state index contributed by atoms with van der Waals surface area (Å²) in [6, 6.07) is 2.33. The fourth-order valence-corrected chi connectivity index (χ4v) is 4.98. The molecule has 1 fully saturated rings.